The highest BCUT2D eigenvalue weighted by Crippen LogP contribution is 2.16. The van der Waals surface area contributed by atoms with Crippen molar-refractivity contribution in [3.63, 3.8) is 0 Å². The highest BCUT2D eigenvalue weighted by molar-refractivity contribution is 4.81. The molecule has 3 heteroatoms. The molecule has 0 bridgehead atoms. The van der Waals surface area contributed by atoms with Gasteiger partial charge in [-0.1, -0.05) is 13.8 Å². The molecule has 1 rings (SSSR count). The van der Waals surface area contributed by atoms with E-state index in [0.29, 0.717) is 6.04 Å². The lowest BCUT2D eigenvalue weighted by molar-refractivity contribution is 0.139. The van der Waals surface area contributed by atoms with Crippen LogP contribution in [-0.2, 0) is 4.74 Å². The van der Waals surface area contributed by atoms with Crippen LogP contribution in [0.4, 0.5) is 0 Å². The van der Waals surface area contributed by atoms with Gasteiger partial charge in [-0.15, -0.1) is 0 Å². The molecule has 96 valence electrons. The predicted molar refractivity (Wildman–Crippen MR) is 68.8 cm³/mol. The van der Waals surface area contributed by atoms with Gasteiger partial charge in [0.25, 0.3) is 0 Å². The molecule has 0 aromatic rings. The zero-order valence-corrected chi connectivity index (χ0v) is 11.2. The number of hydrogen-bond acceptors (Lipinski definition) is 3. The third kappa shape index (κ3) is 4.40. The Morgan fingerprint density at radius 3 is 2.75 bits per heavy atom. The molecule has 1 aliphatic rings. The zero-order chi connectivity index (χ0) is 11.8. The fourth-order valence-corrected chi connectivity index (χ4v) is 2.51. The van der Waals surface area contributed by atoms with E-state index in [1.165, 1.54) is 32.2 Å². The predicted octanol–water partition coefficient (Wildman–Crippen LogP) is 1.88. The van der Waals surface area contributed by atoms with Crippen molar-refractivity contribution in [2.45, 2.75) is 51.6 Å². The molecule has 3 nitrogen and oxygen atoms in total. The smallest absolute Gasteiger partial charge is 0.0589 e. The van der Waals surface area contributed by atoms with Gasteiger partial charge in [-0.25, -0.2) is 0 Å². The van der Waals surface area contributed by atoms with E-state index in [9.17, 15) is 0 Å². The Hall–Kier alpha value is -0.120. The van der Waals surface area contributed by atoms with Crippen molar-refractivity contribution in [3.05, 3.63) is 0 Å². The molecule has 0 saturated carbocycles. The normalized spacial score (nSPS) is 22.1. The van der Waals surface area contributed by atoms with E-state index >= 15 is 0 Å². The Bertz CT molecular complexity index is 171. The van der Waals surface area contributed by atoms with E-state index in [4.69, 9.17) is 4.74 Å². The molecule has 1 atom stereocenters. The van der Waals surface area contributed by atoms with Gasteiger partial charge in [-0.3, -0.25) is 4.90 Å². The molecule has 1 saturated heterocycles. The summed E-state index contributed by atoms with van der Waals surface area (Å²) in [5.74, 6) is 0. The van der Waals surface area contributed by atoms with Crippen molar-refractivity contribution in [2.75, 3.05) is 33.4 Å². The lowest BCUT2D eigenvalue weighted by Crippen LogP contribution is -2.42. The van der Waals surface area contributed by atoms with E-state index < -0.39 is 0 Å². The average Bonchev–Trinajstić information content (AvgIpc) is 2.75. The van der Waals surface area contributed by atoms with Crippen molar-refractivity contribution < 1.29 is 4.74 Å². The first-order chi connectivity index (χ1) is 7.81. The average molecular weight is 228 g/mol. The molecule has 1 aliphatic heterocycles. The third-order valence-corrected chi connectivity index (χ3v) is 3.71. The van der Waals surface area contributed by atoms with Gasteiger partial charge in [-0.2, -0.15) is 0 Å². The summed E-state index contributed by atoms with van der Waals surface area (Å²) in [7, 11) is 1.79. The van der Waals surface area contributed by atoms with E-state index in [-0.39, 0.29) is 0 Å². The van der Waals surface area contributed by atoms with E-state index in [2.05, 4.69) is 24.1 Å². The first kappa shape index (κ1) is 13.9. The summed E-state index contributed by atoms with van der Waals surface area (Å²) in [4.78, 5) is 2.57. The quantitative estimate of drug-likeness (QED) is 0.686. The van der Waals surface area contributed by atoms with E-state index in [0.717, 1.165) is 25.7 Å². The molecule has 16 heavy (non-hydrogen) atoms. The number of nitrogens with one attached hydrogen (secondary N) is 1. The number of likely N-dealkylation sites (tertiary alicyclic amines) is 1. The molecular formula is C13H28N2O. The maximum Gasteiger partial charge on any atom is 0.0589 e. The summed E-state index contributed by atoms with van der Waals surface area (Å²) in [6, 6.07) is 1.43. The highest BCUT2D eigenvalue weighted by Gasteiger charge is 2.23. The largest absolute Gasteiger partial charge is 0.383 e. The van der Waals surface area contributed by atoms with Crippen LogP contribution in [0.15, 0.2) is 0 Å². The van der Waals surface area contributed by atoms with Gasteiger partial charge in [0.2, 0.25) is 0 Å². The maximum absolute atomic E-state index is 5.16. The fourth-order valence-electron chi connectivity index (χ4n) is 2.51. The minimum absolute atomic E-state index is 0.699. The number of nitrogens with zero attached hydrogens (tertiary/aromatic N) is 1. The topological polar surface area (TPSA) is 24.5 Å². The van der Waals surface area contributed by atoms with Crippen molar-refractivity contribution in [1.29, 1.82) is 0 Å². The summed E-state index contributed by atoms with van der Waals surface area (Å²) in [5, 5.41) is 3.68. The minimum Gasteiger partial charge on any atom is -0.383 e. The van der Waals surface area contributed by atoms with Crippen LogP contribution in [-0.4, -0.2) is 50.3 Å². The Morgan fingerprint density at radius 1 is 1.38 bits per heavy atom. The second kappa shape index (κ2) is 8.04. The van der Waals surface area contributed by atoms with Gasteiger partial charge in [0.15, 0.2) is 0 Å². The van der Waals surface area contributed by atoms with Crippen LogP contribution in [0.25, 0.3) is 0 Å². The molecule has 0 spiro atoms. The number of ether oxygens (including phenoxy) is 1. The van der Waals surface area contributed by atoms with Gasteiger partial charge in [0.05, 0.1) is 6.61 Å². The van der Waals surface area contributed by atoms with Crippen LogP contribution < -0.4 is 5.32 Å². The summed E-state index contributed by atoms with van der Waals surface area (Å²) < 4.78 is 5.16. The van der Waals surface area contributed by atoms with Crippen molar-refractivity contribution in [1.82, 2.24) is 10.2 Å². The molecule has 0 amide bonds. The second-order valence-corrected chi connectivity index (χ2v) is 4.75. The van der Waals surface area contributed by atoms with Crippen LogP contribution in [0.5, 0.6) is 0 Å². The lowest BCUT2D eigenvalue weighted by Gasteiger charge is -2.26. The molecule has 0 aromatic heterocycles. The standard InChI is InChI=1S/C13H28N2O/c1-4-12(5-2)14-11-13-7-6-8-15(13)9-10-16-3/h12-14H,4-11H2,1-3H3. The van der Waals surface area contributed by atoms with Crippen LogP contribution in [0.2, 0.25) is 0 Å². The lowest BCUT2D eigenvalue weighted by atomic mass is 10.1. The van der Waals surface area contributed by atoms with Gasteiger partial charge in [-0.05, 0) is 32.2 Å². The van der Waals surface area contributed by atoms with E-state index in [1.807, 2.05) is 0 Å². The van der Waals surface area contributed by atoms with E-state index in [1.54, 1.807) is 7.11 Å². The Kier molecular flexibility index (Phi) is 7.01. The monoisotopic (exact) mass is 228 g/mol. The second-order valence-electron chi connectivity index (χ2n) is 4.75. The summed E-state index contributed by atoms with van der Waals surface area (Å²) in [6.07, 6.45) is 5.17. The first-order valence-electron chi connectivity index (χ1n) is 6.78. The molecule has 0 radical (unpaired) electrons. The fraction of sp³-hybridized carbons (Fsp3) is 1.00. The molecule has 1 unspecified atom stereocenters. The Labute approximate surface area is 101 Å². The van der Waals surface area contributed by atoms with Crippen molar-refractivity contribution >= 4 is 0 Å². The van der Waals surface area contributed by atoms with Gasteiger partial charge < -0.3 is 10.1 Å². The third-order valence-electron chi connectivity index (χ3n) is 3.71. The summed E-state index contributed by atoms with van der Waals surface area (Å²) in [6.45, 7) is 8.87. The highest BCUT2D eigenvalue weighted by atomic mass is 16.5. The number of hydrogen-bond donors (Lipinski definition) is 1. The summed E-state index contributed by atoms with van der Waals surface area (Å²) in [5.41, 5.74) is 0. The van der Waals surface area contributed by atoms with Gasteiger partial charge in [0.1, 0.15) is 0 Å². The van der Waals surface area contributed by atoms with Crippen molar-refractivity contribution in [3.8, 4) is 0 Å². The number of rotatable bonds is 8. The van der Waals surface area contributed by atoms with Crippen molar-refractivity contribution in [2.24, 2.45) is 0 Å². The summed E-state index contributed by atoms with van der Waals surface area (Å²) >= 11 is 0. The number of methoxy groups -OCH3 is 1. The molecule has 0 aromatic carbocycles. The van der Waals surface area contributed by atoms with Crippen LogP contribution in [0.1, 0.15) is 39.5 Å². The van der Waals surface area contributed by atoms with Gasteiger partial charge in [0, 0.05) is 32.3 Å². The molecule has 1 fully saturated rings. The maximum atomic E-state index is 5.16. The van der Waals surface area contributed by atoms with Gasteiger partial charge >= 0.3 is 0 Å². The Morgan fingerprint density at radius 2 is 2.12 bits per heavy atom. The molecule has 0 aliphatic carbocycles. The molecule has 1 N–H and O–H groups in total. The Balaban J connectivity index is 2.23. The van der Waals surface area contributed by atoms with Crippen LogP contribution >= 0.6 is 0 Å². The SMILES string of the molecule is CCC(CC)NCC1CCCN1CCOC. The first-order valence-corrected chi connectivity index (χ1v) is 6.78. The molecular weight excluding hydrogens is 200 g/mol. The zero-order valence-electron chi connectivity index (χ0n) is 11.2. The minimum atomic E-state index is 0.699. The van der Waals surface area contributed by atoms with Crippen LogP contribution in [0, 0.1) is 0 Å². The molecule has 1 heterocycles. The van der Waals surface area contributed by atoms with Crippen LogP contribution in [0.3, 0.4) is 0 Å².